The lowest BCUT2D eigenvalue weighted by atomic mass is 10.0. The third-order valence-electron chi connectivity index (χ3n) is 3.32. The average molecular weight is 291 g/mol. The van der Waals surface area contributed by atoms with Gasteiger partial charge in [0.2, 0.25) is 0 Å². The molecule has 2 aromatic carbocycles. The molecule has 0 saturated heterocycles. The van der Waals surface area contributed by atoms with Crippen LogP contribution in [0.3, 0.4) is 0 Å². The summed E-state index contributed by atoms with van der Waals surface area (Å²) in [7, 11) is 3.34. The molecule has 0 aliphatic heterocycles. The average Bonchev–Trinajstić information content (AvgIpc) is 2.53. The molecule has 0 aliphatic rings. The van der Waals surface area contributed by atoms with Crippen molar-refractivity contribution in [1.82, 2.24) is 0 Å². The summed E-state index contributed by atoms with van der Waals surface area (Å²) in [6, 6.07) is 16.0. The molecule has 0 N–H and O–H groups in total. The minimum absolute atomic E-state index is 0.0167. The Kier molecular flexibility index (Phi) is 5.31. The van der Waals surface area contributed by atoms with Crippen LogP contribution in [0.25, 0.3) is 0 Å². The van der Waals surface area contributed by atoms with E-state index in [1.807, 2.05) is 36.4 Å². The molecule has 0 bridgehead atoms. The van der Waals surface area contributed by atoms with Gasteiger partial charge in [-0.1, -0.05) is 24.3 Å². The van der Waals surface area contributed by atoms with Gasteiger partial charge >= 0.3 is 0 Å². The van der Waals surface area contributed by atoms with Crippen LogP contribution in [0, 0.1) is 0 Å². The number of ether oxygens (including phenoxy) is 2. The van der Waals surface area contributed by atoms with Crippen molar-refractivity contribution >= 4 is 11.6 Å². The third-order valence-corrected chi connectivity index (χ3v) is 3.79. The predicted octanol–water partition coefficient (Wildman–Crippen LogP) is 4.62. The van der Waals surface area contributed by atoms with E-state index in [1.54, 1.807) is 14.2 Å². The molecule has 2 nitrogen and oxygen atoms in total. The number of benzene rings is 2. The Morgan fingerprint density at radius 2 is 1.35 bits per heavy atom. The Balaban J connectivity index is 1.91. The van der Waals surface area contributed by atoms with E-state index in [2.05, 4.69) is 12.1 Å². The van der Waals surface area contributed by atoms with Crippen molar-refractivity contribution in [3.8, 4) is 11.5 Å². The van der Waals surface area contributed by atoms with Gasteiger partial charge in [0.1, 0.15) is 11.5 Å². The first-order valence-corrected chi connectivity index (χ1v) is 7.07. The Morgan fingerprint density at radius 3 is 1.85 bits per heavy atom. The highest BCUT2D eigenvalue weighted by Gasteiger charge is 2.08. The van der Waals surface area contributed by atoms with Crippen LogP contribution in [0.2, 0.25) is 0 Å². The summed E-state index contributed by atoms with van der Waals surface area (Å²) in [5.41, 5.74) is 2.39. The van der Waals surface area contributed by atoms with E-state index in [1.165, 1.54) is 5.56 Å². The molecule has 0 fully saturated rings. The summed E-state index contributed by atoms with van der Waals surface area (Å²) >= 11 is 6.44. The molecule has 0 aliphatic carbocycles. The summed E-state index contributed by atoms with van der Waals surface area (Å²) in [6.45, 7) is 0. The monoisotopic (exact) mass is 290 g/mol. The molecule has 2 rings (SSSR count). The van der Waals surface area contributed by atoms with Gasteiger partial charge in [-0.15, -0.1) is 11.6 Å². The van der Waals surface area contributed by atoms with Crippen molar-refractivity contribution in [3.05, 3.63) is 59.7 Å². The topological polar surface area (TPSA) is 18.5 Å². The first-order valence-electron chi connectivity index (χ1n) is 6.64. The molecule has 0 heterocycles. The quantitative estimate of drug-likeness (QED) is 0.723. The second kappa shape index (κ2) is 7.20. The van der Waals surface area contributed by atoms with Crippen LogP contribution < -0.4 is 9.47 Å². The first kappa shape index (κ1) is 14.7. The second-order valence-electron chi connectivity index (χ2n) is 4.63. The first-order chi connectivity index (χ1) is 9.72. The summed E-state index contributed by atoms with van der Waals surface area (Å²) in [6.07, 6.45) is 1.85. The number of hydrogen-bond acceptors (Lipinski definition) is 2. The van der Waals surface area contributed by atoms with E-state index in [4.69, 9.17) is 21.1 Å². The summed E-state index contributed by atoms with van der Waals surface area (Å²) in [5, 5.41) is 0.0167. The van der Waals surface area contributed by atoms with E-state index in [9.17, 15) is 0 Å². The number of hydrogen-bond donors (Lipinski definition) is 0. The number of aryl methyl sites for hydroxylation is 1. The Bertz CT molecular complexity index is 520. The molecular weight excluding hydrogens is 272 g/mol. The minimum Gasteiger partial charge on any atom is -0.497 e. The molecule has 0 amide bonds. The Morgan fingerprint density at radius 1 is 0.850 bits per heavy atom. The Hall–Kier alpha value is -1.67. The Labute approximate surface area is 125 Å². The zero-order valence-electron chi connectivity index (χ0n) is 11.8. The largest absolute Gasteiger partial charge is 0.497 e. The normalized spacial score (nSPS) is 11.9. The number of methoxy groups -OCH3 is 2. The van der Waals surface area contributed by atoms with Gasteiger partial charge in [0.05, 0.1) is 19.6 Å². The van der Waals surface area contributed by atoms with Gasteiger partial charge in [-0.25, -0.2) is 0 Å². The van der Waals surface area contributed by atoms with Gasteiger partial charge in [-0.3, -0.25) is 0 Å². The zero-order valence-corrected chi connectivity index (χ0v) is 12.6. The lowest BCUT2D eigenvalue weighted by Crippen LogP contribution is -1.95. The van der Waals surface area contributed by atoms with Gasteiger partial charge in [0.15, 0.2) is 0 Å². The van der Waals surface area contributed by atoms with Gasteiger partial charge in [0.25, 0.3) is 0 Å². The highest BCUT2D eigenvalue weighted by atomic mass is 35.5. The van der Waals surface area contributed by atoms with E-state index < -0.39 is 0 Å². The van der Waals surface area contributed by atoms with E-state index in [0.29, 0.717) is 0 Å². The second-order valence-corrected chi connectivity index (χ2v) is 5.15. The molecule has 20 heavy (non-hydrogen) atoms. The van der Waals surface area contributed by atoms with Gasteiger partial charge in [0, 0.05) is 0 Å². The third kappa shape index (κ3) is 3.91. The van der Waals surface area contributed by atoms with Crippen molar-refractivity contribution in [2.75, 3.05) is 14.2 Å². The van der Waals surface area contributed by atoms with Crippen LogP contribution in [-0.4, -0.2) is 14.2 Å². The van der Waals surface area contributed by atoms with Crippen molar-refractivity contribution in [2.24, 2.45) is 0 Å². The van der Waals surface area contributed by atoms with Crippen LogP contribution in [0.4, 0.5) is 0 Å². The van der Waals surface area contributed by atoms with Crippen LogP contribution in [0.1, 0.15) is 22.9 Å². The smallest absolute Gasteiger partial charge is 0.118 e. The fourth-order valence-corrected chi connectivity index (χ4v) is 2.32. The maximum Gasteiger partial charge on any atom is 0.118 e. The van der Waals surface area contributed by atoms with Crippen LogP contribution in [0.5, 0.6) is 11.5 Å². The lowest BCUT2D eigenvalue weighted by molar-refractivity contribution is 0.414. The van der Waals surface area contributed by atoms with Crippen molar-refractivity contribution < 1.29 is 9.47 Å². The van der Waals surface area contributed by atoms with Crippen LogP contribution in [-0.2, 0) is 6.42 Å². The molecular formula is C17H19ClO2. The maximum absolute atomic E-state index is 6.44. The van der Waals surface area contributed by atoms with E-state index in [-0.39, 0.29) is 5.38 Å². The highest BCUT2D eigenvalue weighted by molar-refractivity contribution is 6.20. The molecule has 3 heteroatoms. The highest BCUT2D eigenvalue weighted by Crippen LogP contribution is 2.27. The SMILES string of the molecule is COc1ccc(CCC(Cl)c2ccc(OC)cc2)cc1. The van der Waals surface area contributed by atoms with Crippen molar-refractivity contribution in [1.29, 1.82) is 0 Å². The molecule has 0 aromatic heterocycles. The van der Waals surface area contributed by atoms with Crippen molar-refractivity contribution in [2.45, 2.75) is 18.2 Å². The number of alkyl halides is 1. The molecule has 0 spiro atoms. The number of halogens is 1. The molecule has 2 aromatic rings. The van der Waals surface area contributed by atoms with E-state index in [0.717, 1.165) is 29.9 Å². The summed E-state index contributed by atoms with van der Waals surface area (Å²) < 4.78 is 10.3. The maximum atomic E-state index is 6.44. The van der Waals surface area contributed by atoms with E-state index >= 15 is 0 Å². The lowest BCUT2D eigenvalue weighted by Gasteiger charge is -2.11. The summed E-state index contributed by atoms with van der Waals surface area (Å²) in [4.78, 5) is 0. The van der Waals surface area contributed by atoms with Crippen LogP contribution in [0.15, 0.2) is 48.5 Å². The fraction of sp³-hybridized carbons (Fsp3) is 0.294. The molecule has 0 saturated carbocycles. The van der Waals surface area contributed by atoms with Crippen LogP contribution >= 0.6 is 11.6 Å². The fourth-order valence-electron chi connectivity index (χ4n) is 2.06. The number of rotatable bonds is 6. The van der Waals surface area contributed by atoms with Gasteiger partial charge in [-0.05, 0) is 48.2 Å². The molecule has 1 unspecified atom stereocenters. The predicted molar refractivity (Wildman–Crippen MR) is 82.9 cm³/mol. The van der Waals surface area contributed by atoms with Gasteiger partial charge < -0.3 is 9.47 Å². The minimum atomic E-state index is 0.0167. The molecule has 1 atom stereocenters. The summed E-state index contributed by atoms with van der Waals surface area (Å²) in [5.74, 6) is 1.74. The van der Waals surface area contributed by atoms with Gasteiger partial charge in [-0.2, -0.15) is 0 Å². The van der Waals surface area contributed by atoms with Crippen molar-refractivity contribution in [3.63, 3.8) is 0 Å². The zero-order chi connectivity index (χ0) is 14.4. The molecule has 0 radical (unpaired) electrons. The molecule has 106 valence electrons. The standard InChI is InChI=1S/C17H19ClO2/c1-19-15-8-3-13(4-9-15)5-12-17(18)14-6-10-16(20-2)11-7-14/h3-4,6-11,17H,5,12H2,1-2H3.